The monoisotopic (exact) mass is 310 g/mol. The van der Waals surface area contributed by atoms with Crippen molar-refractivity contribution in [2.24, 2.45) is 5.10 Å². The van der Waals surface area contributed by atoms with Gasteiger partial charge < -0.3 is 0 Å². The highest BCUT2D eigenvalue weighted by atomic mass is 19.4. The van der Waals surface area contributed by atoms with Gasteiger partial charge in [-0.25, -0.2) is 9.82 Å². The topological polar surface area (TPSA) is 41.5 Å². The normalized spacial score (nSPS) is 11.6. The molecule has 2 rings (SSSR count). The molecular weight excluding hydrogens is 300 g/mol. The van der Waals surface area contributed by atoms with Crippen LogP contribution in [0, 0.1) is 5.82 Å². The summed E-state index contributed by atoms with van der Waals surface area (Å²) in [6.45, 7) is 0. The number of halogens is 4. The predicted octanol–water partition coefficient (Wildman–Crippen LogP) is 3.61. The Balaban J connectivity index is 2.10. The average Bonchev–Trinajstić information content (AvgIpc) is 2.47. The maximum Gasteiger partial charge on any atom is 0.417 e. The first-order valence-corrected chi connectivity index (χ1v) is 6.13. The average molecular weight is 310 g/mol. The summed E-state index contributed by atoms with van der Waals surface area (Å²) in [4.78, 5) is 11.7. The zero-order chi connectivity index (χ0) is 16.2. The molecule has 0 aliphatic heterocycles. The number of hydrogen-bond acceptors (Lipinski definition) is 2. The molecule has 114 valence electrons. The summed E-state index contributed by atoms with van der Waals surface area (Å²) in [5, 5.41) is 3.50. The Kier molecular flexibility index (Phi) is 4.55. The second-order valence-corrected chi connectivity index (χ2v) is 4.29. The van der Waals surface area contributed by atoms with Crippen molar-refractivity contribution in [3.63, 3.8) is 0 Å². The molecule has 1 amide bonds. The number of hydrazone groups is 1. The molecule has 0 aliphatic rings. The molecule has 0 atom stereocenters. The zero-order valence-electron chi connectivity index (χ0n) is 11.1. The summed E-state index contributed by atoms with van der Waals surface area (Å²) in [6.07, 6.45) is -3.60. The van der Waals surface area contributed by atoms with E-state index in [1.54, 1.807) is 0 Å². The lowest BCUT2D eigenvalue weighted by atomic mass is 10.1. The largest absolute Gasteiger partial charge is 0.417 e. The van der Waals surface area contributed by atoms with Crippen LogP contribution in [0.1, 0.15) is 21.5 Å². The van der Waals surface area contributed by atoms with Crippen molar-refractivity contribution in [3.8, 4) is 0 Å². The number of hydrogen-bond donors (Lipinski definition) is 1. The zero-order valence-corrected chi connectivity index (χ0v) is 11.1. The Morgan fingerprint density at radius 2 is 1.68 bits per heavy atom. The van der Waals surface area contributed by atoms with Gasteiger partial charge in [-0.05, 0) is 30.3 Å². The van der Waals surface area contributed by atoms with E-state index in [9.17, 15) is 22.4 Å². The van der Waals surface area contributed by atoms with E-state index in [2.05, 4.69) is 10.5 Å². The van der Waals surface area contributed by atoms with Crippen LogP contribution in [-0.4, -0.2) is 12.1 Å². The van der Waals surface area contributed by atoms with Gasteiger partial charge in [0.1, 0.15) is 5.82 Å². The molecule has 0 spiro atoms. The standard InChI is InChI=1S/C15H10F4N2O/c16-12-7-5-10(6-8-12)14(22)21-20-9-11-3-1-2-4-13(11)15(17,18)19/h1-9H,(H,21,22). The third-order valence-corrected chi connectivity index (χ3v) is 2.74. The number of carbonyl (C=O) groups excluding carboxylic acids is 1. The quantitative estimate of drug-likeness (QED) is 0.525. The van der Waals surface area contributed by atoms with Crippen LogP contribution in [-0.2, 0) is 6.18 Å². The summed E-state index contributed by atoms with van der Waals surface area (Å²) < 4.78 is 51.0. The number of benzene rings is 2. The van der Waals surface area contributed by atoms with Crippen molar-refractivity contribution in [2.75, 3.05) is 0 Å². The third kappa shape index (κ3) is 3.91. The van der Waals surface area contributed by atoms with Gasteiger partial charge in [-0.3, -0.25) is 4.79 Å². The molecule has 0 radical (unpaired) electrons. The summed E-state index contributed by atoms with van der Waals surface area (Å²) in [5.74, 6) is -1.15. The van der Waals surface area contributed by atoms with Gasteiger partial charge in [0, 0.05) is 11.1 Å². The molecule has 7 heteroatoms. The highest BCUT2D eigenvalue weighted by Gasteiger charge is 2.32. The third-order valence-electron chi connectivity index (χ3n) is 2.74. The van der Waals surface area contributed by atoms with Gasteiger partial charge in [0.05, 0.1) is 11.8 Å². The van der Waals surface area contributed by atoms with E-state index < -0.39 is 23.5 Å². The predicted molar refractivity (Wildman–Crippen MR) is 72.9 cm³/mol. The lowest BCUT2D eigenvalue weighted by Crippen LogP contribution is -2.18. The van der Waals surface area contributed by atoms with Crippen molar-refractivity contribution >= 4 is 12.1 Å². The van der Waals surface area contributed by atoms with Crippen LogP contribution in [0.3, 0.4) is 0 Å². The van der Waals surface area contributed by atoms with Crippen LogP contribution in [0.4, 0.5) is 17.6 Å². The van der Waals surface area contributed by atoms with E-state index in [-0.39, 0.29) is 11.1 Å². The second kappa shape index (κ2) is 6.38. The minimum atomic E-state index is -4.51. The van der Waals surface area contributed by atoms with Gasteiger partial charge in [-0.1, -0.05) is 18.2 Å². The lowest BCUT2D eigenvalue weighted by molar-refractivity contribution is -0.137. The number of alkyl halides is 3. The molecule has 1 N–H and O–H groups in total. The van der Waals surface area contributed by atoms with E-state index in [0.29, 0.717) is 0 Å². The molecular formula is C15H10F4N2O. The maximum absolute atomic E-state index is 12.8. The summed E-state index contributed by atoms with van der Waals surface area (Å²) in [7, 11) is 0. The van der Waals surface area contributed by atoms with E-state index in [4.69, 9.17) is 0 Å². The fourth-order valence-corrected chi connectivity index (χ4v) is 1.69. The molecule has 0 bridgehead atoms. The molecule has 2 aromatic rings. The van der Waals surface area contributed by atoms with Crippen molar-refractivity contribution in [1.82, 2.24) is 5.43 Å². The number of rotatable bonds is 3. The number of nitrogens with zero attached hydrogens (tertiary/aromatic N) is 1. The first kappa shape index (κ1) is 15.7. The first-order valence-electron chi connectivity index (χ1n) is 6.13. The fraction of sp³-hybridized carbons (Fsp3) is 0.0667. The summed E-state index contributed by atoms with van der Waals surface area (Å²) in [6, 6.07) is 9.51. The molecule has 22 heavy (non-hydrogen) atoms. The molecule has 0 saturated heterocycles. The molecule has 0 aliphatic carbocycles. The highest BCUT2D eigenvalue weighted by molar-refractivity contribution is 5.94. The van der Waals surface area contributed by atoms with Gasteiger partial charge in [-0.15, -0.1) is 0 Å². The highest BCUT2D eigenvalue weighted by Crippen LogP contribution is 2.30. The molecule has 2 aromatic carbocycles. The lowest BCUT2D eigenvalue weighted by Gasteiger charge is -2.09. The van der Waals surface area contributed by atoms with Crippen molar-refractivity contribution in [1.29, 1.82) is 0 Å². The molecule has 0 saturated carbocycles. The van der Waals surface area contributed by atoms with Gasteiger partial charge in [0.2, 0.25) is 0 Å². The maximum atomic E-state index is 12.8. The van der Waals surface area contributed by atoms with Crippen molar-refractivity contribution < 1.29 is 22.4 Å². The molecule has 0 heterocycles. The minimum Gasteiger partial charge on any atom is -0.267 e. The minimum absolute atomic E-state index is 0.141. The Morgan fingerprint density at radius 1 is 1.05 bits per heavy atom. The van der Waals surface area contributed by atoms with E-state index in [1.165, 1.54) is 30.3 Å². The Morgan fingerprint density at radius 3 is 2.32 bits per heavy atom. The van der Waals surface area contributed by atoms with Crippen molar-refractivity contribution in [3.05, 3.63) is 71.0 Å². The van der Waals surface area contributed by atoms with Crippen LogP contribution in [0.5, 0.6) is 0 Å². The van der Waals surface area contributed by atoms with Crippen LogP contribution < -0.4 is 5.43 Å². The summed E-state index contributed by atoms with van der Waals surface area (Å²) >= 11 is 0. The fourth-order valence-electron chi connectivity index (χ4n) is 1.69. The SMILES string of the molecule is O=C(NN=Cc1ccccc1C(F)(F)F)c1ccc(F)cc1. The van der Waals surface area contributed by atoms with Gasteiger partial charge in [0.25, 0.3) is 5.91 Å². The van der Waals surface area contributed by atoms with E-state index in [0.717, 1.165) is 24.4 Å². The number of nitrogens with one attached hydrogen (secondary N) is 1. The molecule has 0 fully saturated rings. The van der Waals surface area contributed by atoms with Crippen LogP contribution >= 0.6 is 0 Å². The Labute approximate surface area is 123 Å². The van der Waals surface area contributed by atoms with Crippen LogP contribution in [0.2, 0.25) is 0 Å². The van der Waals surface area contributed by atoms with Crippen LogP contribution in [0.25, 0.3) is 0 Å². The smallest absolute Gasteiger partial charge is 0.267 e. The van der Waals surface area contributed by atoms with Gasteiger partial charge >= 0.3 is 6.18 Å². The number of carbonyl (C=O) groups is 1. The molecule has 0 unspecified atom stereocenters. The van der Waals surface area contributed by atoms with E-state index >= 15 is 0 Å². The van der Waals surface area contributed by atoms with Gasteiger partial charge in [-0.2, -0.15) is 18.3 Å². The summed E-state index contributed by atoms with van der Waals surface area (Å²) in [5.41, 5.74) is 1.20. The Hall–Kier alpha value is -2.70. The molecule has 0 aromatic heterocycles. The van der Waals surface area contributed by atoms with E-state index in [1.807, 2.05) is 0 Å². The Bertz CT molecular complexity index is 693. The van der Waals surface area contributed by atoms with Crippen molar-refractivity contribution in [2.45, 2.75) is 6.18 Å². The number of amides is 1. The van der Waals surface area contributed by atoms with Gasteiger partial charge in [0.15, 0.2) is 0 Å². The molecule has 3 nitrogen and oxygen atoms in total. The first-order chi connectivity index (χ1) is 10.4. The second-order valence-electron chi connectivity index (χ2n) is 4.29. The van der Waals surface area contributed by atoms with Crippen LogP contribution in [0.15, 0.2) is 53.6 Å².